The molecule has 0 aliphatic rings. The van der Waals surface area contributed by atoms with E-state index in [0.29, 0.717) is 6.42 Å². The smallest absolute Gasteiger partial charge is 0.169 e. The molecule has 0 unspecified atom stereocenters. The molecule has 2 nitrogen and oxygen atoms in total. The largest absolute Gasteiger partial charge is 0.360 e. The number of carbonyl (C=O) groups excluding carboxylic acids is 1. The molecule has 0 saturated carbocycles. The molecular weight excluding hydrogens is 382 g/mol. The molecule has 20 heavy (non-hydrogen) atoms. The molecule has 0 radical (unpaired) electrons. The Balaban J connectivity index is 1.93. The monoisotopic (exact) mass is 391 g/mol. The molecule has 4 heteroatoms. The van der Waals surface area contributed by atoms with Gasteiger partial charge in [-0.25, -0.2) is 0 Å². The Morgan fingerprint density at radius 3 is 2.65 bits per heavy atom. The molecule has 0 bridgehead atoms. The summed E-state index contributed by atoms with van der Waals surface area (Å²) in [5.74, 6) is 0.122. The predicted molar refractivity (Wildman–Crippen MR) is 88.2 cm³/mol. The van der Waals surface area contributed by atoms with E-state index in [2.05, 4.69) is 36.8 Å². The number of H-pyrrole nitrogens is 1. The third-order valence-corrected chi connectivity index (χ3v) is 4.18. The van der Waals surface area contributed by atoms with Gasteiger partial charge in [0.1, 0.15) is 0 Å². The highest BCUT2D eigenvalue weighted by molar-refractivity contribution is 9.10. The second-order valence-corrected chi connectivity index (χ2v) is 6.45. The van der Waals surface area contributed by atoms with Crippen molar-refractivity contribution in [3.05, 3.63) is 68.7 Å². The molecule has 3 rings (SSSR count). The van der Waals surface area contributed by atoms with Crippen molar-refractivity contribution in [3.63, 3.8) is 0 Å². The lowest BCUT2D eigenvalue weighted by Gasteiger charge is -2.01. The third-order valence-electron chi connectivity index (χ3n) is 3.20. The summed E-state index contributed by atoms with van der Waals surface area (Å²) in [6, 6.07) is 13.7. The number of Topliss-reactive ketones (excluding diaryl/α,β-unsaturated/α-hetero) is 1. The van der Waals surface area contributed by atoms with Crippen LogP contribution in [0.15, 0.2) is 57.6 Å². The zero-order valence-corrected chi connectivity index (χ0v) is 13.7. The van der Waals surface area contributed by atoms with Crippen molar-refractivity contribution in [2.75, 3.05) is 0 Å². The summed E-state index contributed by atoms with van der Waals surface area (Å²) < 4.78 is 1.99. The molecule has 1 heterocycles. The van der Waals surface area contributed by atoms with Crippen LogP contribution < -0.4 is 0 Å². The van der Waals surface area contributed by atoms with Crippen LogP contribution in [0.3, 0.4) is 0 Å². The number of carbonyl (C=O) groups is 1. The Hall–Kier alpha value is -1.39. The molecule has 100 valence electrons. The summed E-state index contributed by atoms with van der Waals surface area (Å²) in [7, 11) is 0. The quantitative estimate of drug-likeness (QED) is 0.616. The lowest BCUT2D eigenvalue weighted by atomic mass is 10.0. The van der Waals surface area contributed by atoms with Crippen molar-refractivity contribution in [2.24, 2.45) is 0 Å². The summed E-state index contributed by atoms with van der Waals surface area (Å²) in [6.07, 6.45) is 2.19. The first-order chi connectivity index (χ1) is 9.63. The number of ketones is 1. The third kappa shape index (κ3) is 2.72. The van der Waals surface area contributed by atoms with Crippen LogP contribution in [0.1, 0.15) is 15.9 Å². The van der Waals surface area contributed by atoms with Crippen LogP contribution in [-0.4, -0.2) is 10.8 Å². The fourth-order valence-electron chi connectivity index (χ4n) is 2.26. The second-order valence-electron chi connectivity index (χ2n) is 4.62. The fourth-order valence-corrected chi connectivity index (χ4v) is 3.06. The number of nitrogens with one attached hydrogen (secondary N) is 1. The summed E-state index contributed by atoms with van der Waals surface area (Å²) in [5.41, 5.74) is 2.72. The van der Waals surface area contributed by atoms with E-state index in [4.69, 9.17) is 0 Å². The van der Waals surface area contributed by atoms with Crippen molar-refractivity contribution in [3.8, 4) is 0 Å². The number of fused-ring (bicyclic) bond motifs is 1. The van der Waals surface area contributed by atoms with Crippen molar-refractivity contribution >= 4 is 48.5 Å². The average Bonchev–Trinajstić information content (AvgIpc) is 2.81. The maximum atomic E-state index is 12.4. The zero-order valence-electron chi connectivity index (χ0n) is 10.5. The lowest BCUT2D eigenvalue weighted by molar-refractivity contribution is 0.0994. The fraction of sp³-hybridized carbons (Fsp3) is 0.0625. The van der Waals surface area contributed by atoms with E-state index in [1.54, 1.807) is 6.20 Å². The van der Waals surface area contributed by atoms with Gasteiger partial charge in [-0.15, -0.1) is 0 Å². The van der Waals surface area contributed by atoms with E-state index in [1.807, 2.05) is 42.5 Å². The second kappa shape index (κ2) is 5.54. The van der Waals surface area contributed by atoms with Crippen LogP contribution in [0.2, 0.25) is 0 Å². The van der Waals surface area contributed by atoms with Crippen molar-refractivity contribution in [2.45, 2.75) is 6.42 Å². The SMILES string of the molecule is O=C(Cc1cccc(Br)c1)c1c[nH]c2cc(Br)ccc12. The molecule has 0 atom stereocenters. The molecule has 0 saturated heterocycles. The topological polar surface area (TPSA) is 32.9 Å². The van der Waals surface area contributed by atoms with Gasteiger partial charge in [-0.3, -0.25) is 4.79 Å². The van der Waals surface area contributed by atoms with Crippen molar-refractivity contribution in [1.82, 2.24) is 4.98 Å². The molecule has 0 aliphatic carbocycles. The summed E-state index contributed by atoms with van der Waals surface area (Å²) in [6.45, 7) is 0. The van der Waals surface area contributed by atoms with E-state index >= 15 is 0 Å². The first kappa shape index (κ1) is 13.6. The van der Waals surface area contributed by atoms with Gasteiger partial charge >= 0.3 is 0 Å². The van der Waals surface area contributed by atoms with Gasteiger partial charge in [0.05, 0.1) is 0 Å². The molecule has 0 fully saturated rings. The normalized spacial score (nSPS) is 10.9. The molecule has 0 spiro atoms. The van der Waals surface area contributed by atoms with Crippen LogP contribution in [-0.2, 0) is 6.42 Å². The highest BCUT2D eigenvalue weighted by Gasteiger charge is 2.12. The van der Waals surface area contributed by atoms with Gasteiger partial charge in [0, 0.05) is 38.0 Å². The summed E-state index contributed by atoms with van der Waals surface area (Å²) >= 11 is 6.86. The van der Waals surface area contributed by atoms with Gasteiger partial charge in [-0.05, 0) is 29.8 Å². The molecule has 0 amide bonds. The standard InChI is InChI=1S/C16H11Br2NO/c17-11-3-1-2-10(6-11)7-16(20)14-9-19-15-8-12(18)4-5-13(14)15/h1-6,8-9,19H,7H2. The van der Waals surface area contributed by atoms with Crippen LogP contribution in [0.5, 0.6) is 0 Å². The number of benzene rings is 2. The summed E-state index contributed by atoms with van der Waals surface area (Å²) in [5, 5.41) is 0.966. The number of hydrogen-bond acceptors (Lipinski definition) is 1. The van der Waals surface area contributed by atoms with Crippen LogP contribution in [0, 0.1) is 0 Å². The minimum Gasteiger partial charge on any atom is -0.360 e. The highest BCUT2D eigenvalue weighted by atomic mass is 79.9. The molecule has 1 aromatic heterocycles. The zero-order chi connectivity index (χ0) is 14.1. The Kier molecular flexibility index (Phi) is 3.76. The van der Waals surface area contributed by atoms with Gasteiger partial charge in [0.25, 0.3) is 0 Å². The summed E-state index contributed by atoms with van der Waals surface area (Å²) in [4.78, 5) is 15.6. The Morgan fingerprint density at radius 1 is 1.05 bits per heavy atom. The van der Waals surface area contributed by atoms with E-state index in [-0.39, 0.29) is 5.78 Å². The van der Waals surface area contributed by atoms with Crippen LogP contribution >= 0.6 is 31.9 Å². The maximum Gasteiger partial charge on any atom is 0.169 e. The minimum absolute atomic E-state index is 0.122. The Morgan fingerprint density at radius 2 is 1.85 bits per heavy atom. The van der Waals surface area contributed by atoms with Crippen molar-refractivity contribution < 1.29 is 4.79 Å². The van der Waals surface area contributed by atoms with Gasteiger partial charge in [-0.1, -0.05) is 50.1 Å². The van der Waals surface area contributed by atoms with Crippen LogP contribution in [0.4, 0.5) is 0 Å². The van der Waals surface area contributed by atoms with E-state index in [1.165, 1.54) is 0 Å². The Labute approximate surface area is 133 Å². The number of rotatable bonds is 3. The Bertz CT molecular complexity index is 792. The van der Waals surface area contributed by atoms with Gasteiger partial charge < -0.3 is 4.98 Å². The van der Waals surface area contributed by atoms with Gasteiger partial charge in [0.2, 0.25) is 0 Å². The van der Waals surface area contributed by atoms with E-state index in [9.17, 15) is 4.79 Å². The van der Waals surface area contributed by atoms with E-state index in [0.717, 1.165) is 31.0 Å². The first-order valence-corrected chi connectivity index (χ1v) is 7.76. The average molecular weight is 393 g/mol. The predicted octanol–water partition coefficient (Wildman–Crippen LogP) is 5.12. The van der Waals surface area contributed by atoms with E-state index < -0.39 is 0 Å². The van der Waals surface area contributed by atoms with Gasteiger partial charge in [0.15, 0.2) is 5.78 Å². The molecule has 1 N–H and O–H groups in total. The number of aromatic nitrogens is 1. The molecule has 3 aromatic rings. The highest BCUT2D eigenvalue weighted by Crippen LogP contribution is 2.24. The first-order valence-electron chi connectivity index (χ1n) is 6.18. The van der Waals surface area contributed by atoms with Gasteiger partial charge in [-0.2, -0.15) is 0 Å². The lowest BCUT2D eigenvalue weighted by Crippen LogP contribution is -2.02. The molecule has 0 aliphatic heterocycles. The minimum atomic E-state index is 0.122. The molecular formula is C16H11Br2NO. The van der Waals surface area contributed by atoms with Crippen molar-refractivity contribution in [1.29, 1.82) is 0 Å². The maximum absolute atomic E-state index is 12.4. The molecule has 2 aromatic carbocycles. The number of halogens is 2. The van der Waals surface area contributed by atoms with Crippen LogP contribution in [0.25, 0.3) is 10.9 Å². The number of hydrogen-bond donors (Lipinski definition) is 1. The number of aromatic amines is 1.